The number of hydrogen-bond donors (Lipinski definition) is 0. The summed E-state index contributed by atoms with van der Waals surface area (Å²) >= 11 is 0. The summed E-state index contributed by atoms with van der Waals surface area (Å²) in [6, 6.07) is 10.0. The van der Waals surface area contributed by atoms with Gasteiger partial charge in [0.2, 0.25) is 0 Å². The van der Waals surface area contributed by atoms with Gasteiger partial charge in [0.15, 0.2) is 0 Å². The van der Waals surface area contributed by atoms with Gasteiger partial charge in [0, 0.05) is 12.6 Å². The summed E-state index contributed by atoms with van der Waals surface area (Å²) in [7, 11) is 0. The van der Waals surface area contributed by atoms with Gasteiger partial charge < -0.3 is 0 Å². The van der Waals surface area contributed by atoms with Crippen LogP contribution in [0.2, 0.25) is 0 Å². The van der Waals surface area contributed by atoms with Crippen molar-refractivity contribution in [2.75, 3.05) is 13.1 Å². The zero-order valence-electron chi connectivity index (χ0n) is 12.9. The van der Waals surface area contributed by atoms with E-state index < -0.39 is 0 Å². The lowest BCUT2D eigenvalue weighted by Gasteiger charge is -2.52. The third-order valence-electron chi connectivity index (χ3n) is 6.15. The Morgan fingerprint density at radius 1 is 1.15 bits per heavy atom. The highest BCUT2D eigenvalue weighted by Crippen LogP contribution is 2.47. The van der Waals surface area contributed by atoms with E-state index in [1.807, 2.05) is 0 Å². The van der Waals surface area contributed by atoms with Crippen molar-refractivity contribution in [2.45, 2.75) is 57.4 Å². The van der Waals surface area contributed by atoms with Crippen molar-refractivity contribution in [3.05, 3.63) is 35.4 Å². The second-order valence-electron chi connectivity index (χ2n) is 7.84. The second-order valence-corrected chi connectivity index (χ2v) is 7.84. The van der Waals surface area contributed by atoms with Crippen LogP contribution in [0.5, 0.6) is 0 Å². The molecule has 20 heavy (non-hydrogen) atoms. The lowest BCUT2D eigenvalue weighted by molar-refractivity contribution is 0.0409. The number of likely N-dealkylation sites (tertiary alicyclic amines) is 1. The van der Waals surface area contributed by atoms with E-state index in [4.69, 9.17) is 0 Å². The van der Waals surface area contributed by atoms with Gasteiger partial charge in [-0.25, -0.2) is 0 Å². The van der Waals surface area contributed by atoms with E-state index in [1.165, 1.54) is 45.2 Å². The van der Waals surface area contributed by atoms with Crippen LogP contribution >= 0.6 is 0 Å². The molecule has 1 saturated carbocycles. The molecule has 3 aliphatic rings. The molecule has 1 nitrogen and oxygen atoms in total. The smallest absolute Gasteiger partial charge is 0.0172 e. The van der Waals surface area contributed by atoms with Crippen LogP contribution in [-0.4, -0.2) is 24.0 Å². The fourth-order valence-electron chi connectivity index (χ4n) is 4.85. The van der Waals surface area contributed by atoms with Gasteiger partial charge in [-0.2, -0.15) is 0 Å². The van der Waals surface area contributed by atoms with Crippen LogP contribution in [0.3, 0.4) is 0 Å². The number of hydrogen-bond acceptors (Lipinski definition) is 1. The average molecular weight is 269 g/mol. The second kappa shape index (κ2) is 4.59. The van der Waals surface area contributed by atoms with Crippen LogP contribution in [-0.2, 0) is 11.8 Å². The van der Waals surface area contributed by atoms with Gasteiger partial charge in [-0.1, -0.05) is 38.1 Å². The van der Waals surface area contributed by atoms with Crippen LogP contribution in [0.4, 0.5) is 0 Å². The van der Waals surface area contributed by atoms with Crippen molar-refractivity contribution < 1.29 is 0 Å². The van der Waals surface area contributed by atoms with Crippen molar-refractivity contribution in [1.82, 2.24) is 4.90 Å². The fraction of sp³-hybridized carbons (Fsp3) is 0.684. The molecule has 4 rings (SSSR count). The topological polar surface area (TPSA) is 3.24 Å². The molecule has 1 saturated heterocycles. The molecule has 108 valence electrons. The van der Waals surface area contributed by atoms with E-state index in [-0.39, 0.29) is 0 Å². The van der Waals surface area contributed by atoms with Crippen molar-refractivity contribution in [2.24, 2.45) is 11.8 Å². The summed E-state index contributed by atoms with van der Waals surface area (Å²) < 4.78 is 0. The Morgan fingerprint density at radius 3 is 2.75 bits per heavy atom. The SMILES string of the molecule is CC1(C)c2ccccc2CC2C1CCCN2CC1CC1. The molecule has 1 aromatic carbocycles. The molecule has 0 bridgehead atoms. The number of piperidine rings is 1. The highest BCUT2D eigenvalue weighted by atomic mass is 15.2. The number of fused-ring (bicyclic) bond motifs is 2. The van der Waals surface area contributed by atoms with Gasteiger partial charge in [-0.05, 0) is 67.0 Å². The lowest BCUT2D eigenvalue weighted by Crippen LogP contribution is -2.55. The molecule has 1 aromatic rings. The average Bonchev–Trinajstić information content (AvgIpc) is 3.24. The molecule has 1 heterocycles. The van der Waals surface area contributed by atoms with Crippen LogP contribution in [0.1, 0.15) is 50.7 Å². The van der Waals surface area contributed by atoms with Crippen molar-refractivity contribution in [1.29, 1.82) is 0 Å². The van der Waals surface area contributed by atoms with Crippen LogP contribution < -0.4 is 0 Å². The van der Waals surface area contributed by atoms with Gasteiger partial charge in [-0.3, -0.25) is 4.90 Å². The van der Waals surface area contributed by atoms with Crippen LogP contribution in [0.25, 0.3) is 0 Å². The van der Waals surface area contributed by atoms with Crippen molar-refractivity contribution in [3.8, 4) is 0 Å². The Bertz CT molecular complexity index is 500. The largest absolute Gasteiger partial charge is 0.299 e. The van der Waals surface area contributed by atoms with Gasteiger partial charge >= 0.3 is 0 Å². The quantitative estimate of drug-likeness (QED) is 0.784. The van der Waals surface area contributed by atoms with E-state index in [2.05, 4.69) is 43.0 Å². The zero-order chi connectivity index (χ0) is 13.7. The maximum atomic E-state index is 2.85. The Kier molecular flexibility index (Phi) is 2.96. The maximum absolute atomic E-state index is 2.85. The Morgan fingerprint density at radius 2 is 1.95 bits per heavy atom. The third kappa shape index (κ3) is 2.02. The summed E-state index contributed by atoms with van der Waals surface area (Å²) in [6.45, 7) is 7.70. The molecule has 1 aliphatic heterocycles. The molecule has 2 aliphatic carbocycles. The molecular weight excluding hydrogens is 242 g/mol. The molecule has 2 atom stereocenters. The molecule has 2 unspecified atom stereocenters. The first-order valence-electron chi connectivity index (χ1n) is 8.48. The van der Waals surface area contributed by atoms with Crippen molar-refractivity contribution in [3.63, 3.8) is 0 Å². The summed E-state index contributed by atoms with van der Waals surface area (Å²) in [6.07, 6.45) is 7.07. The van der Waals surface area contributed by atoms with Gasteiger partial charge in [0.05, 0.1) is 0 Å². The summed E-state index contributed by atoms with van der Waals surface area (Å²) in [5.41, 5.74) is 3.58. The predicted molar refractivity (Wildman–Crippen MR) is 84.0 cm³/mol. The van der Waals surface area contributed by atoms with Crippen LogP contribution in [0, 0.1) is 11.8 Å². The Labute approximate surface area is 123 Å². The minimum atomic E-state index is 0.349. The van der Waals surface area contributed by atoms with Gasteiger partial charge in [0.1, 0.15) is 0 Å². The summed E-state index contributed by atoms with van der Waals surface area (Å²) in [5.74, 6) is 1.87. The molecule has 0 spiro atoms. The predicted octanol–water partition coefficient (Wildman–Crippen LogP) is 4.01. The normalized spacial score (nSPS) is 32.5. The minimum Gasteiger partial charge on any atom is -0.299 e. The first-order chi connectivity index (χ1) is 9.66. The summed E-state index contributed by atoms with van der Waals surface area (Å²) in [5, 5.41) is 0. The number of nitrogens with zero attached hydrogens (tertiary/aromatic N) is 1. The fourth-order valence-corrected chi connectivity index (χ4v) is 4.85. The number of rotatable bonds is 2. The first kappa shape index (κ1) is 12.9. The van der Waals surface area contributed by atoms with E-state index in [0.29, 0.717) is 5.41 Å². The third-order valence-corrected chi connectivity index (χ3v) is 6.15. The van der Waals surface area contributed by atoms with Crippen molar-refractivity contribution >= 4 is 0 Å². The molecule has 0 N–H and O–H groups in total. The minimum absolute atomic E-state index is 0.349. The molecule has 1 heteroatoms. The maximum Gasteiger partial charge on any atom is 0.0172 e. The van der Waals surface area contributed by atoms with Gasteiger partial charge in [-0.15, -0.1) is 0 Å². The monoisotopic (exact) mass is 269 g/mol. The standard InChI is InChI=1S/C19H27N/c1-19(2)16-7-4-3-6-15(16)12-18-17(19)8-5-11-20(18)13-14-9-10-14/h3-4,6-7,14,17-18H,5,8-13H2,1-2H3. The Balaban J connectivity index is 1.68. The number of benzene rings is 1. The molecule has 0 aromatic heterocycles. The van der Waals surface area contributed by atoms with E-state index >= 15 is 0 Å². The molecule has 0 radical (unpaired) electrons. The van der Waals surface area contributed by atoms with E-state index in [0.717, 1.165) is 17.9 Å². The highest BCUT2D eigenvalue weighted by Gasteiger charge is 2.46. The molecule has 2 fully saturated rings. The van der Waals surface area contributed by atoms with E-state index in [1.54, 1.807) is 11.1 Å². The Hall–Kier alpha value is -0.820. The highest BCUT2D eigenvalue weighted by molar-refractivity contribution is 5.38. The van der Waals surface area contributed by atoms with Gasteiger partial charge in [0.25, 0.3) is 0 Å². The molecule has 0 amide bonds. The molecular formula is C19H27N. The van der Waals surface area contributed by atoms with Crippen LogP contribution in [0.15, 0.2) is 24.3 Å². The van der Waals surface area contributed by atoms with E-state index in [9.17, 15) is 0 Å². The summed E-state index contributed by atoms with van der Waals surface area (Å²) in [4.78, 5) is 2.85. The first-order valence-corrected chi connectivity index (χ1v) is 8.48. The lowest BCUT2D eigenvalue weighted by atomic mass is 9.60. The zero-order valence-corrected chi connectivity index (χ0v) is 12.9.